The van der Waals surface area contributed by atoms with E-state index in [0.29, 0.717) is 6.04 Å². The van der Waals surface area contributed by atoms with Gasteiger partial charge in [0.05, 0.1) is 0 Å². The minimum absolute atomic E-state index is 0.710. The molecule has 2 fully saturated rings. The maximum atomic E-state index is 4.67. The summed E-state index contributed by atoms with van der Waals surface area (Å²) < 4.78 is 0. The van der Waals surface area contributed by atoms with E-state index in [2.05, 4.69) is 26.3 Å². The summed E-state index contributed by atoms with van der Waals surface area (Å²) >= 11 is 0. The van der Waals surface area contributed by atoms with Gasteiger partial charge in [0.25, 0.3) is 0 Å². The minimum Gasteiger partial charge on any atom is -0.357 e. The van der Waals surface area contributed by atoms with Crippen LogP contribution in [0.3, 0.4) is 0 Å². The molecule has 1 N–H and O–H groups in total. The van der Waals surface area contributed by atoms with E-state index in [0.717, 1.165) is 29.9 Å². The molecule has 0 spiro atoms. The quantitative estimate of drug-likeness (QED) is 0.887. The molecule has 1 aliphatic carbocycles. The van der Waals surface area contributed by atoms with Crippen LogP contribution in [0.25, 0.3) is 0 Å². The van der Waals surface area contributed by atoms with Crippen LogP contribution in [-0.2, 0) is 0 Å². The molecule has 1 aromatic rings. The molecule has 2 heterocycles. The summed E-state index contributed by atoms with van der Waals surface area (Å²) in [7, 11) is 1.89. The number of aromatic nitrogens is 2. The number of hydrogen-bond donors (Lipinski definition) is 1. The largest absolute Gasteiger partial charge is 0.357 e. The molecule has 0 bridgehead atoms. The average Bonchev–Trinajstić information content (AvgIpc) is 2.46. The zero-order valence-electron chi connectivity index (χ0n) is 12.0. The molecule has 2 aliphatic rings. The summed E-state index contributed by atoms with van der Waals surface area (Å²) in [4.78, 5) is 11.6. The minimum atomic E-state index is 0.710. The highest BCUT2D eigenvalue weighted by atomic mass is 15.3. The molecule has 0 unspecified atom stereocenters. The first kappa shape index (κ1) is 12.7. The molecule has 104 valence electrons. The molecule has 1 aromatic heterocycles. The molecule has 4 nitrogen and oxygen atoms in total. The van der Waals surface area contributed by atoms with Gasteiger partial charge in [-0.05, 0) is 38.5 Å². The number of nitrogens with one attached hydrogen (secondary N) is 1. The fourth-order valence-electron chi connectivity index (χ4n) is 3.72. The van der Waals surface area contributed by atoms with Crippen molar-refractivity contribution in [2.75, 3.05) is 23.8 Å². The second-order valence-corrected chi connectivity index (χ2v) is 5.89. The van der Waals surface area contributed by atoms with Crippen molar-refractivity contribution < 1.29 is 0 Å². The first-order valence-electron chi connectivity index (χ1n) is 7.58. The third kappa shape index (κ3) is 2.53. The standard InChI is InChI=1S/C15H24N4/c1-11-10-14(18-15(16-2)17-11)19-9-5-7-12-6-3-4-8-13(12)19/h10,12-13H,3-9H2,1-2H3,(H,16,17,18)/t12-,13-/m1/s1. The van der Waals surface area contributed by atoms with E-state index in [1.165, 1.54) is 38.5 Å². The van der Waals surface area contributed by atoms with Crippen LogP contribution in [0.5, 0.6) is 0 Å². The van der Waals surface area contributed by atoms with Crippen molar-refractivity contribution in [1.82, 2.24) is 9.97 Å². The maximum absolute atomic E-state index is 4.67. The van der Waals surface area contributed by atoms with Crippen LogP contribution >= 0.6 is 0 Å². The molecule has 2 atom stereocenters. The lowest BCUT2D eigenvalue weighted by Gasteiger charge is -2.44. The van der Waals surface area contributed by atoms with Crippen LogP contribution in [0.1, 0.15) is 44.2 Å². The van der Waals surface area contributed by atoms with Crippen molar-refractivity contribution in [3.8, 4) is 0 Å². The molecular weight excluding hydrogens is 236 g/mol. The highest BCUT2D eigenvalue weighted by Crippen LogP contribution is 2.37. The van der Waals surface area contributed by atoms with Gasteiger partial charge in [0.1, 0.15) is 5.82 Å². The van der Waals surface area contributed by atoms with E-state index < -0.39 is 0 Å². The van der Waals surface area contributed by atoms with Crippen LogP contribution in [0.2, 0.25) is 0 Å². The molecule has 0 amide bonds. The van der Waals surface area contributed by atoms with Gasteiger partial charge in [0.2, 0.25) is 5.95 Å². The van der Waals surface area contributed by atoms with Gasteiger partial charge < -0.3 is 10.2 Å². The van der Waals surface area contributed by atoms with E-state index in [1.54, 1.807) is 0 Å². The number of anilines is 2. The van der Waals surface area contributed by atoms with E-state index in [4.69, 9.17) is 0 Å². The van der Waals surface area contributed by atoms with Gasteiger partial charge in [0.15, 0.2) is 0 Å². The van der Waals surface area contributed by atoms with E-state index >= 15 is 0 Å². The van der Waals surface area contributed by atoms with Gasteiger partial charge in [0, 0.05) is 31.4 Å². The van der Waals surface area contributed by atoms with Gasteiger partial charge in [-0.15, -0.1) is 0 Å². The molecule has 4 heteroatoms. The lowest BCUT2D eigenvalue weighted by atomic mass is 9.78. The number of fused-ring (bicyclic) bond motifs is 1. The summed E-state index contributed by atoms with van der Waals surface area (Å²) in [5.74, 6) is 2.75. The fraction of sp³-hybridized carbons (Fsp3) is 0.733. The molecule has 1 saturated carbocycles. The molecule has 1 saturated heterocycles. The first-order valence-corrected chi connectivity index (χ1v) is 7.58. The Bertz CT molecular complexity index is 444. The Labute approximate surface area is 115 Å². The summed E-state index contributed by atoms with van der Waals surface area (Å²) in [5, 5.41) is 3.07. The Balaban J connectivity index is 1.89. The van der Waals surface area contributed by atoms with Crippen LogP contribution in [0.4, 0.5) is 11.8 Å². The van der Waals surface area contributed by atoms with Gasteiger partial charge >= 0.3 is 0 Å². The average molecular weight is 260 g/mol. The highest BCUT2D eigenvalue weighted by molar-refractivity contribution is 5.46. The van der Waals surface area contributed by atoms with Crippen LogP contribution < -0.4 is 10.2 Å². The number of aryl methyl sites for hydroxylation is 1. The lowest BCUT2D eigenvalue weighted by Crippen LogP contribution is -2.47. The third-order valence-electron chi connectivity index (χ3n) is 4.60. The van der Waals surface area contributed by atoms with Crippen LogP contribution in [0, 0.1) is 12.8 Å². The number of rotatable bonds is 2. The van der Waals surface area contributed by atoms with Gasteiger partial charge in [-0.3, -0.25) is 0 Å². The SMILES string of the molecule is CNc1nc(C)cc(N2CCC[C@H]3CCCC[C@H]32)n1. The third-order valence-corrected chi connectivity index (χ3v) is 4.60. The smallest absolute Gasteiger partial charge is 0.224 e. The van der Waals surface area contributed by atoms with Crippen LogP contribution in [0.15, 0.2) is 6.07 Å². The summed E-state index contributed by atoms with van der Waals surface area (Å²) in [6, 6.07) is 2.85. The van der Waals surface area contributed by atoms with E-state index in [-0.39, 0.29) is 0 Å². The van der Waals surface area contributed by atoms with E-state index in [9.17, 15) is 0 Å². The number of nitrogens with zero attached hydrogens (tertiary/aromatic N) is 3. The lowest BCUT2D eigenvalue weighted by molar-refractivity contribution is 0.242. The summed E-state index contributed by atoms with van der Waals surface area (Å²) in [6.07, 6.45) is 8.25. The zero-order valence-corrected chi connectivity index (χ0v) is 12.0. The number of piperidine rings is 1. The topological polar surface area (TPSA) is 41.1 Å². The highest BCUT2D eigenvalue weighted by Gasteiger charge is 2.34. The monoisotopic (exact) mass is 260 g/mol. The van der Waals surface area contributed by atoms with Crippen molar-refractivity contribution >= 4 is 11.8 Å². The molecule has 0 aromatic carbocycles. The van der Waals surface area contributed by atoms with Gasteiger partial charge in [-0.2, -0.15) is 4.98 Å². The van der Waals surface area contributed by atoms with Crippen molar-refractivity contribution in [2.24, 2.45) is 5.92 Å². The van der Waals surface area contributed by atoms with Gasteiger partial charge in [-0.25, -0.2) is 4.98 Å². The Kier molecular flexibility index (Phi) is 3.58. The number of hydrogen-bond acceptors (Lipinski definition) is 4. The molecule has 19 heavy (non-hydrogen) atoms. The summed E-state index contributed by atoms with van der Waals surface area (Å²) in [6.45, 7) is 3.20. The van der Waals surface area contributed by atoms with Crippen LogP contribution in [-0.4, -0.2) is 29.6 Å². The van der Waals surface area contributed by atoms with Gasteiger partial charge in [-0.1, -0.05) is 12.8 Å². The molecule has 1 aliphatic heterocycles. The Hall–Kier alpha value is -1.32. The molecule has 0 radical (unpaired) electrons. The Morgan fingerprint density at radius 1 is 1.16 bits per heavy atom. The van der Waals surface area contributed by atoms with E-state index in [1.807, 2.05) is 14.0 Å². The first-order chi connectivity index (χ1) is 9.28. The maximum Gasteiger partial charge on any atom is 0.224 e. The predicted octanol–water partition coefficient (Wildman–Crippen LogP) is 2.99. The van der Waals surface area contributed by atoms with Crippen molar-refractivity contribution in [3.05, 3.63) is 11.8 Å². The Morgan fingerprint density at radius 2 is 1.95 bits per heavy atom. The van der Waals surface area contributed by atoms with Crippen molar-refractivity contribution in [3.63, 3.8) is 0 Å². The Morgan fingerprint density at radius 3 is 2.79 bits per heavy atom. The summed E-state index contributed by atoms with van der Waals surface area (Å²) in [5.41, 5.74) is 1.05. The van der Waals surface area contributed by atoms with Crippen molar-refractivity contribution in [1.29, 1.82) is 0 Å². The zero-order chi connectivity index (χ0) is 13.2. The normalized spacial score (nSPS) is 26.9. The second-order valence-electron chi connectivity index (χ2n) is 5.89. The fourth-order valence-corrected chi connectivity index (χ4v) is 3.72. The van der Waals surface area contributed by atoms with Crippen molar-refractivity contribution in [2.45, 2.75) is 51.5 Å². The molecular formula is C15H24N4. The predicted molar refractivity (Wildman–Crippen MR) is 78.6 cm³/mol. The second kappa shape index (κ2) is 5.35. The molecule has 3 rings (SSSR count).